The van der Waals surface area contributed by atoms with E-state index in [1.54, 1.807) is 0 Å². The highest BCUT2D eigenvalue weighted by Gasteiger charge is 2.12. The van der Waals surface area contributed by atoms with Gasteiger partial charge in [0.15, 0.2) is 4.34 Å². The summed E-state index contributed by atoms with van der Waals surface area (Å²) in [4.78, 5) is 29.6. The highest BCUT2D eigenvalue weighted by molar-refractivity contribution is 8.01. The minimum Gasteiger partial charge on any atom is -0.325 e. The molecule has 3 aromatic carbocycles. The van der Waals surface area contributed by atoms with Gasteiger partial charge in [-0.05, 0) is 69.2 Å². The standard InChI is InChI=1S/C26H25N3O2S2/c1-15-5-7-19(8-6-15)25(31)27-20-9-10-21-22(13-20)33-26(28-21)32-14-23(30)29-24-17(3)11-16(2)12-18(24)4/h5-13H,14H2,1-4H3,(H,27,31)(H,29,30). The summed E-state index contributed by atoms with van der Waals surface area (Å²) in [5.74, 6) is 0.0797. The fraction of sp³-hybridized carbons (Fsp3) is 0.192. The second-order valence-corrected chi connectivity index (χ2v) is 10.3. The molecule has 0 radical (unpaired) electrons. The normalized spacial score (nSPS) is 10.9. The van der Waals surface area contributed by atoms with Gasteiger partial charge in [0.1, 0.15) is 0 Å². The molecule has 4 aromatic rings. The highest BCUT2D eigenvalue weighted by atomic mass is 32.2. The van der Waals surface area contributed by atoms with Crippen LogP contribution in [0.5, 0.6) is 0 Å². The second-order valence-electron chi connectivity index (χ2n) is 8.09. The third-order valence-corrected chi connectivity index (χ3v) is 7.37. The molecule has 0 saturated heterocycles. The number of nitrogens with zero attached hydrogens (tertiary/aromatic N) is 1. The summed E-state index contributed by atoms with van der Waals surface area (Å²) in [6, 6.07) is 17.3. The van der Waals surface area contributed by atoms with Crippen LogP contribution in [0.4, 0.5) is 11.4 Å². The average Bonchev–Trinajstić information content (AvgIpc) is 3.17. The summed E-state index contributed by atoms with van der Waals surface area (Å²) in [5, 5.41) is 5.97. The number of fused-ring (bicyclic) bond motifs is 1. The molecule has 7 heteroatoms. The van der Waals surface area contributed by atoms with Gasteiger partial charge in [0.05, 0.1) is 16.0 Å². The number of aryl methyl sites for hydroxylation is 4. The first-order valence-corrected chi connectivity index (χ1v) is 12.4. The van der Waals surface area contributed by atoms with E-state index in [1.807, 2.05) is 70.2 Å². The van der Waals surface area contributed by atoms with Crippen molar-refractivity contribution in [2.45, 2.75) is 32.0 Å². The Kier molecular flexibility index (Phi) is 6.81. The molecule has 1 heterocycles. The van der Waals surface area contributed by atoms with E-state index in [4.69, 9.17) is 0 Å². The van der Waals surface area contributed by atoms with Gasteiger partial charge in [-0.3, -0.25) is 9.59 Å². The molecule has 0 saturated carbocycles. The third kappa shape index (κ3) is 5.61. The number of carbonyl (C=O) groups excluding carboxylic acids is 2. The van der Waals surface area contributed by atoms with Crippen LogP contribution in [-0.4, -0.2) is 22.6 Å². The average molecular weight is 476 g/mol. The first-order chi connectivity index (χ1) is 15.8. The molecular weight excluding hydrogens is 450 g/mol. The first-order valence-electron chi connectivity index (χ1n) is 10.6. The van der Waals surface area contributed by atoms with Crippen LogP contribution in [0.1, 0.15) is 32.6 Å². The zero-order valence-electron chi connectivity index (χ0n) is 19.0. The van der Waals surface area contributed by atoms with Crippen LogP contribution in [0.15, 0.2) is 58.9 Å². The molecule has 4 rings (SSSR count). The lowest BCUT2D eigenvalue weighted by Gasteiger charge is -2.12. The molecule has 2 N–H and O–H groups in total. The molecule has 0 unspecified atom stereocenters. The second kappa shape index (κ2) is 9.77. The number of anilines is 2. The molecule has 0 aliphatic carbocycles. The number of hydrogen-bond donors (Lipinski definition) is 2. The fourth-order valence-electron chi connectivity index (χ4n) is 3.63. The van der Waals surface area contributed by atoms with Crippen molar-refractivity contribution in [2.24, 2.45) is 0 Å². The van der Waals surface area contributed by atoms with Crippen molar-refractivity contribution >= 4 is 56.5 Å². The smallest absolute Gasteiger partial charge is 0.255 e. The van der Waals surface area contributed by atoms with Gasteiger partial charge in [-0.15, -0.1) is 11.3 Å². The van der Waals surface area contributed by atoms with E-state index >= 15 is 0 Å². The van der Waals surface area contributed by atoms with Gasteiger partial charge in [-0.25, -0.2) is 4.98 Å². The van der Waals surface area contributed by atoms with Gasteiger partial charge in [0.2, 0.25) is 5.91 Å². The van der Waals surface area contributed by atoms with Gasteiger partial charge >= 0.3 is 0 Å². The van der Waals surface area contributed by atoms with Gasteiger partial charge in [0, 0.05) is 16.9 Å². The predicted molar refractivity (Wildman–Crippen MR) is 139 cm³/mol. The molecule has 0 aliphatic heterocycles. The lowest BCUT2D eigenvalue weighted by Crippen LogP contribution is -2.15. The van der Waals surface area contributed by atoms with Crippen LogP contribution in [0.2, 0.25) is 0 Å². The van der Waals surface area contributed by atoms with Gasteiger partial charge in [-0.2, -0.15) is 0 Å². The Balaban J connectivity index is 1.40. The van der Waals surface area contributed by atoms with Crippen LogP contribution in [0, 0.1) is 27.7 Å². The van der Waals surface area contributed by atoms with E-state index < -0.39 is 0 Å². The van der Waals surface area contributed by atoms with Crippen molar-refractivity contribution in [2.75, 3.05) is 16.4 Å². The molecule has 0 spiro atoms. The van der Waals surface area contributed by atoms with Crippen molar-refractivity contribution < 1.29 is 9.59 Å². The van der Waals surface area contributed by atoms with Gasteiger partial charge in [0.25, 0.3) is 5.91 Å². The summed E-state index contributed by atoms with van der Waals surface area (Å²) in [7, 11) is 0. The number of rotatable bonds is 6. The monoisotopic (exact) mass is 475 g/mol. The molecule has 5 nitrogen and oxygen atoms in total. The number of hydrogen-bond acceptors (Lipinski definition) is 5. The Morgan fingerprint density at radius 2 is 1.58 bits per heavy atom. The molecule has 1 aromatic heterocycles. The number of aromatic nitrogens is 1. The van der Waals surface area contributed by atoms with Crippen molar-refractivity contribution in [3.63, 3.8) is 0 Å². The summed E-state index contributed by atoms with van der Waals surface area (Å²) in [5.41, 5.74) is 7.48. The molecule has 168 valence electrons. The Morgan fingerprint density at radius 3 is 2.27 bits per heavy atom. The summed E-state index contributed by atoms with van der Waals surface area (Å²) in [6.45, 7) is 8.05. The number of thioether (sulfide) groups is 1. The zero-order valence-corrected chi connectivity index (χ0v) is 20.6. The minimum absolute atomic E-state index is 0.0552. The maximum atomic E-state index is 12.5. The maximum absolute atomic E-state index is 12.5. The van der Waals surface area contributed by atoms with Crippen molar-refractivity contribution in [3.8, 4) is 0 Å². The topological polar surface area (TPSA) is 71.1 Å². The quantitative estimate of drug-likeness (QED) is 0.312. The Morgan fingerprint density at radius 1 is 0.879 bits per heavy atom. The molecule has 0 bridgehead atoms. The Bertz CT molecular complexity index is 1320. The lowest BCUT2D eigenvalue weighted by atomic mass is 10.1. The predicted octanol–water partition coefficient (Wildman–Crippen LogP) is 6.51. The van der Waals surface area contributed by atoms with Crippen molar-refractivity contribution in [3.05, 3.63) is 82.4 Å². The van der Waals surface area contributed by atoms with E-state index in [9.17, 15) is 9.59 Å². The van der Waals surface area contributed by atoms with E-state index in [0.717, 1.165) is 42.6 Å². The van der Waals surface area contributed by atoms with Crippen LogP contribution < -0.4 is 10.6 Å². The number of nitrogens with one attached hydrogen (secondary N) is 2. The maximum Gasteiger partial charge on any atom is 0.255 e. The molecule has 33 heavy (non-hydrogen) atoms. The fourth-order valence-corrected chi connectivity index (χ4v) is 5.54. The number of carbonyl (C=O) groups is 2. The molecular formula is C26H25N3O2S2. The van der Waals surface area contributed by atoms with Crippen LogP contribution in [-0.2, 0) is 4.79 Å². The van der Waals surface area contributed by atoms with Crippen LogP contribution in [0.25, 0.3) is 10.2 Å². The number of benzene rings is 3. The van der Waals surface area contributed by atoms with Crippen molar-refractivity contribution in [1.82, 2.24) is 4.98 Å². The highest BCUT2D eigenvalue weighted by Crippen LogP contribution is 2.32. The van der Waals surface area contributed by atoms with E-state index in [0.29, 0.717) is 5.56 Å². The number of thiazole rings is 1. The molecule has 0 aliphatic rings. The molecule has 2 amide bonds. The van der Waals surface area contributed by atoms with Crippen molar-refractivity contribution in [1.29, 1.82) is 0 Å². The van der Waals surface area contributed by atoms with Crippen LogP contribution >= 0.6 is 23.1 Å². The minimum atomic E-state index is -0.146. The zero-order chi connectivity index (χ0) is 23.5. The van der Waals surface area contributed by atoms with Crippen LogP contribution in [0.3, 0.4) is 0 Å². The van der Waals surface area contributed by atoms with E-state index in [2.05, 4.69) is 27.8 Å². The Labute approximate surface area is 201 Å². The van der Waals surface area contributed by atoms with Gasteiger partial charge in [-0.1, -0.05) is 47.2 Å². The van der Waals surface area contributed by atoms with Gasteiger partial charge < -0.3 is 10.6 Å². The largest absolute Gasteiger partial charge is 0.325 e. The molecule has 0 atom stereocenters. The van der Waals surface area contributed by atoms with E-state index in [-0.39, 0.29) is 17.6 Å². The Hall–Kier alpha value is -3.16. The lowest BCUT2D eigenvalue weighted by molar-refractivity contribution is -0.113. The first kappa shape index (κ1) is 23.0. The SMILES string of the molecule is Cc1ccc(C(=O)Nc2ccc3nc(SCC(=O)Nc4c(C)cc(C)cc4C)sc3c2)cc1. The third-order valence-electron chi connectivity index (χ3n) is 5.21. The molecule has 0 fully saturated rings. The number of amides is 2. The summed E-state index contributed by atoms with van der Waals surface area (Å²) < 4.78 is 1.78. The van der Waals surface area contributed by atoms with E-state index in [1.165, 1.54) is 28.7 Å². The summed E-state index contributed by atoms with van der Waals surface area (Å²) in [6.07, 6.45) is 0. The summed E-state index contributed by atoms with van der Waals surface area (Å²) >= 11 is 2.93.